The second-order valence-electron chi connectivity index (χ2n) is 5.99. The van der Waals surface area contributed by atoms with E-state index in [0.29, 0.717) is 17.9 Å². The average molecular weight is 243 g/mol. The van der Waals surface area contributed by atoms with Crippen molar-refractivity contribution in [1.29, 1.82) is 0 Å². The van der Waals surface area contributed by atoms with E-state index in [1.54, 1.807) is 0 Å². The Morgan fingerprint density at radius 2 is 1.83 bits per heavy atom. The molecule has 2 atom stereocenters. The molecule has 0 aromatic heterocycles. The highest BCUT2D eigenvalue weighted by Crippen LogP contribution is 2.33. The molecule has 2 fully saturated rings. The van der Waals surface area contributed by atoms with Crippen LogP contribution < -0.4 is 5.32 Å². The Balaban J connectivity index is 1.84. The summed E-state index contributed by atoms with van der Waals surface area (Å²) in [4.78, 5) is 12.7. The molecule has 96 valence electrons. The third kappa shape index (κ3) is 2.10. The fourth-order valence-corrected chi connectivity index (χ4v) is 3.49. The first-order valence-corrected chi connectivity index (χ1v) is 7.01. The number of carbonyl (C=O) groups excluding carboxylic acids is 1. The molecule has 18 heavy (non-hydrogen) atoms. The summed E-state index contributed by atoms with van der Waals surface area (Å²) in [6.07, 6.45) is 4.56. The largest absolute Gasteiger partial charge is 0.311 e. The van der Waals surface area contributed by atoms with E-state index in [2.05, 4.69) is 30.4 Å². The smallest absolute Gasteiger partial charge is 0.166 e. The molecule has 2 aliphatic rings. The van der Waals surface area contributed by atoms with Crippen LogP contribution in [-0.2, 0) is 0 Å². The van der Waals surface area contributed by atoms with Crippen molar-refractivity contribution in [1.82, 2.24) is 5.32 Å². The monoisotopic (exact) mass is 243 g/mol. The zero-order valence-corrected chi connectivity index (χ0v) is 11.2. The molecule has 2 heteroatoms. The summed E-state index contributed by atoms with van der Waals surface area (Å²) in [6, 6.07) is 7.38. The van der Waals surface area contributed by atoms with Crippen LogP contribution in [0.25, 0.3) is 0 Å². The summed E-state index contributed by atoms with van der Waals surface area (Å²) >= 11 is 0. The summed E-state index contributed by atoms with van der Waals surface area (Å²) in [5.41, 5.74) is 3.25. The third-order valence-electron chi connectivity index (χ3n) is 4.50. The maximum absolute atomic E-state index is 12.7. The number of fused-ring (bicyclic) bond motifs is 2. The topological polar surface area (TPSA) is 29.1 Å². The second-order valence-corrected chi connectivity index (χ2v) is 5.99. The van der Waals surface area contributed by atoms with Gasteiger partial charge in [0, 0.05) is 23.6 Å². The number of rotatable bonds is 2. The summed E-state index contributed by atoms with van der Waals surface area (Å²) < 4.78 is 0. The molecule has 3 rings (SSSR count). The minimum atomic E-state index is 0.240. The van der Waals surface area contributed by atoms with Gasteiger partial charge in [-0.2, -0.15) is 0 Å². The second kappa shape index (κ2) is 4.51. The lowest BCUT2D eigenvalue weighted by molar-refractivity contribution is 0.0875. The number of benzene rings is 1. The Labute approximate surface area is 109 Å². The predicted molar refractivity (Wildman–Crippen MR) is 72.9 cm³/mol. The lowest BCUT2D eigenvalue weighted by Crippen LogP contribution is -2.40. The minimum Gasteiger partial charge on any atom is -0.311 e. The highest BCUT2D eigenvalue weighted by Gasteiger charge is 2.37. The van der Waals surface area contributed by atoms with Gasteiger partial charge in [0.15, 0.2) is 5.78 Å². The van der Waals surface area contributed by atoms with Gasteiger partial charge in [0.2, 0.25) is 0 Å². The van der Waals surface area contributed by atoms with Gasteiger partial charge in [-0.25, -0.2) is 0 Å². The fourth-order valence-electron chi connectivity index (χ4n) is 3.49. The van der Waals surface area contributed by atoms with Crippen molar-refractivity contribution >= 4 is 5.78 Å². The first-order chi connectivity index (χ1) is 8.63. The van der Waals surface area contributed by atoms with E-state index in [9.17, 15) is 4.79 Å². The maximum Gasteiger partial charge on any atom is 0.166 e. The van der Waals surface area contributed by atoms with Crippen LogP contribution in [0.2, 0.25) is 0 Å². The van der Waals surface area contributed by atoms with Crippen LogP contribution in [0.15, 0.2) is 18.2 Å². The third-order valence-corrected chi connectivity index (χ3v) is 4.50. The molecular formula is C16H21NO. The zero-order chi connectivity index (χ0) is 12.7. The van der Waals surface area contributed by atoms with Gasteiger partial charge in [-0.1, -0.05) is 17.7 Å². The Morgan fingerprint density at radius 1 is 1.17 bits per heavy atom. The van der Waals surface area contributed by atoms with Gasteiger partial charge in [-0.15, -0.1) is 0 Å². The number of aryl methyl sites for hydroxylation is 2. The number of Topliss-reactive ketones (excluding diaryl/α,β-unsaturated/α-hetero) is 1. The molecule has 2 nitrogen and oxygen atoms in total. The molecule has 0 spiro atoms. The highest BCUT2D eigenvalue weighted by molar-refractivity contribution is 5.99. The first-order valence-electron chi connectivity index (χ1n) is 7.01. The van der Waals surface area contributed by atoms with Crippen molar-refractivity contribution in [2.45, 2.75) is 51.6 Å². The van der Waals surface area contributed by atoms with E-state index < -0.39 is 0 Å². The average Bonchev–Trinajstić information content (AvgIpc) is 2.70. The van der Waals surface area contributed by atoms with Gasteiger partial charge < -0.3 is 5.32 Å². The number of carbonyl (C=O) groups is 1. The summed E-state index contributed by atoms with van der Waals surface area (Å²) in [5.74, 6) is 0.610. The van der Waals surface area contributed by atoms with Crippen LogP contribution in [-0.4, -0.2) is 17.9 Å². The number of piperidine rings is 1. The zero-order valence-electron chi connectivity index (χ0n) is 11.2. The molecule has 0 amide bonds. The molecule has 0 aliphatic carbocycles. The Kier molecular flexibility index (Phi) is 2.98. The molecule has 0 saturated carbocycles. The molecular weight excluding hydrogens is 222 g/mol. The van der Waals surface area contributed by atoms with E-state index in [1.807, 2.05) is 6.92 Å². The molecule has 1 aromatic rings. The van der Waals surface area contributed by atoms with Crippen LogP contribution in [0, 0.1) is 19.8 Å². The van der Waals surface area contributed by atoms with Crippen LogP contribution in [0.4, 0.5) is 0 Å². The maximum atomic E-state index is 12.7. The molecule has 1 aromatic carbocycles. The molecule has 2 aliphatic heterocycles. The summed E-state index contributed by atoms with van der Waals surface area (Å²) in [5, 5.41) is 3.60. The molecule has 2 unspecified atom stereocenters. The SMILES string of the molecule is Cc1ccc(C)c(C(=O)C2CC3CCC(C2)N3)c1. The Hall–Kier alpha value is -1.15. The van der Waals surface area contributed by atoms with Crippen LogP contribution >= 0.6 is 0 Å². The van der Waals surface area contributed by atoms with Gasteiger partial charge in [0.1, 0.15) is 0 Å². The molecule has 2 saturated heterocycles. The molecule has 0 radical (unpaired) electrons. The van der Waals surface area contributed by atoms with E-state index >= 15 is 0 Å². The van der Waals surface area contributed by atoms with E-state index in [-0.39, 0.29) is 5.92 Å². The van der Waals surface area contributed by atoms with Gasteiger partial charge in [-0.05, 0) is 51.2 Å². The van der Waals surface area contributed by atoms with Gasteiger partial charge >= 0.3 is 0 Å². The highest BCUT2D eigenvalue weighted by atomic mass is 16.1. The Morgan fingerprint density at radius 3 is 2.50 bits per heavy atom. The van der Waals surface area contributed by atoms with Gasteiger partial charge in [0.05, 0.1) is 0 Å². The number of hydrogen-bond donors (Lipinski definition) is 1. The van der Waals surface area contributed by atoms with E-state index in [0.717, 1.165) is 24.0 Å². The summed E-state index contributed by atoms with van der Waals surface area (Å²) in [6.45, 7) is 4.10. The number of ketones is 1. The van der Waals surface area contributed by atoms with Gasteiger partial charge in [-0.3, -0.25) is 4.79 Å². The lowest BCUT2D eigenvalue weighted by atomic mass is 9.84. The molecule has 2 heterocycles. The van der Waals surface area contributed by atoms with Crippen molar-refractivity contribution < 1.29 is 4.79 Å². The number of nitrogens with one attached hydrogen (secondary N) is 1. The Bertz CT molecular complexity index is 468. The minimum absolute atomic E-state index is 0.240. The van der Waals surface area contributed by atoms with Crippen molar-refractivity contribution in [3.8, 4) is 0 Å². The van der Waals surface area contributed by atoms with Crippen LogP contribution in [0.1, 0.15) is 47.2 Å². The molecule has 2 bridgehead atoms. The quantitative estimate of drug-likeness (QED) is 0.809. The first kappa shape index (κ1) is 11.9. The predicted octanol–water partition coefficient (Wildman–Crippen LogP) is 3.02. The lowest BCUT2D eigenvalue weighted by Gasteiger charge is -2.28. The van der Waals surface area contributed by atoms with E-state index in [1.165, 1.54) is 18.4 Å². The van der Waals surface area contributed by atoms with E-state index in [4.69, 9.17) is 0 Å². The molecule has 1 N–H and O–H groups in total. The summed E-state index contributed by atoms with van der Waals surface area (Å²) in [7, 11) is 0. The van der Waals surface area contributed by atoms with Crippen LogP contribution in [0.3, 0.4) is 0 Å². The van der Waals surface area contributed by atoms with Crippen molar-refractivity contribution in [2.24, 2.45) is 5.92 Å². The van der Waals surface area contributed by atoms with Gasteiger partial charge in [0.25, 0.3) is 0 Å². The standard InChI is InChI=1S/C16H21NO/c1-10-3-4-11(2)15(7-10)16(18)12-8-13-5-6-14(9-12)17-13/h3-4,7,12-14,17H,5-6,8-9H2,1-2H3. The number of hydrogen-bond acceptors (Lipinski definition) is 2. The fraction of sp³-hybridized carbons (Fsp3) is 0.562. The van der Waals surface area contributed by atoms with Crippen LogP contribution in [0.5, 0.6) is 0 Å². The van der Waals surface area contributed by atoms with Crippen molar-refractivity contribution in [3.05, 3.63) is 34.9 Å². The van der Waals surface area contributed by atoms with Crippen molar-refractivity contribution in [3.63, 3.8) is 0 Å². The van der Waals surface area contributed by atoms with Crippen molar-refractivity contribution in [2.75, 3.05) is 0 Å². The normalized spacial score (nSPS) is 30.4.